The Morgan fingerprint density at radius 1 is 1.50 bits per heavy atom. The summed E-state index contributed by atoms with van der Waals surface area (Å²) in [6.07, 6.45) is 6.18. The fourth-order valence-electron chi connectivity index (χ4n) is 3.98. The van der Waals surface area contributed by atoms with Gasteiger partial charge in [-0.1, -0.05) is 9.93 Å². The molecule has 1 aliphatic heterocycles. The molecule has 2 aliphatic carbocycles. The average molecular weight is 188 g/mol. The molecule has 0 aromatic carbocycles. The monoisotopic (exact) mass is 188 g/mol. The molecule has 1 spiro atoms. The van der Waals surface area contributed by atoms with Crippen molar-refractivity contribution in [2.75, 3.05) is 12.0 Å². The Morgan fingerprint density at radius 3 is 2.67 bits per heavy atom. The number of aliphatic hydroxyl groups is 1. The third-order valence-electron chi connectivity index (χ3n) is 4.52. The van der Waals surface area contributed by atoms with Crippen molar-refractivity contribution in [3.05, 3.63) is 0 Å². The molecule has 1 saturated heterocycles. The van der Waals surface area contributed by atoms with Gasteiger partial charge in [-0.25, -0.2) is 0 Å². The molecule has 0 aromatic heterocycles. The zero-order valence-electron chi connectivity index (χ0n) is 7.42. The molecule has 0 radical (unpaired) electrons. The Balaban J connectivity index is 2.10. The molecule has 1 unspecified atom stereocenters. The van der Waals surface area contributed by atoms with Crippen LogP contribution in [0.2, 0.25) is 0 Å². The lowest BCUT2D eigenvalue weighted by Gasteiger charge is -2.60. The van der Waals surface area contributed by atoms with Crippen LogP contribution in [0.1, 0.15) is 25.7 Å². The number of hydrogen-bond donors (Lipinski definition) is 2. The van der Waals surface area contributed by atoms with Crippen molar-refractivity contribution in [2.24, 2.45) is 11.3 Å². The van der Waals surface area contributed by atoms with E-state index >= 15 is 0 Å². The zero-order chi connectivity index (χ0) is 8.61. The Hall–Kier alpha value is 0.110. The lowest BCUT2D eigenvalue weighted by atomic mass is 9.82. The summed E-state index contributed by atoms with van der Waals surface area (Å²) in [5.41, 5.74) is 0.113. The number of fused-ring (bicyclic) bond motifs is 1. The summed E-state index contributed by atoms with van der Waals surface area (Å²) in [5, 5.41) is 10.3. The smallest absolute Gasteiger partial charge is 0.124 e. The lowest BCUT2D eigenvalue weighted by Crippen LogP contribution is -2.68. The largest absolute Gasteiger partial charge is 0.378 e. The highest BCUT2D eigenvalue weighted by Crippen LogP contribution is 2.70. The van der Waals surface area contributed by atoms with E-state index in [-0.39, 0.29) is 5.41 Å². The molecule has 2 bridgehead atoms. The van der Waals surface area contributed by atoms with Gasteiger partial charge in [0.1, 0.15) is 4.93 Å². The molecule has 70 valence electrons. The van der Waals surface area contributed by atoms with E-state index in [0.717, 1.165) is 25.0 Å². The Labute approximate surface area is 73.8 Å². The molecule has 0 aromatic rings. The van der Waals surface area contributed by atoms with Crippen LogP contribution in [0.15, 0.2) is 0 Å². The quantitative estimate of drug-likeness (QED) is 0.544. The van der Waals surface area contributed by atoms with E-state index < -0.39 is 14.9 Å². The van der Waals surface area contributed by atoms with Gasteiger partial charge in [-0.05, 0) is 37.9 Å². The van der Waals surface area contributed by atoms with Gasteiger partial charge in [-0.2, -0.15) is 0 Å². The van der Waals surface area contributed by atoms with Gasteiger partial charge in [0.2, 0.25) is 0 Å². The van der Waals surface area contributed by atoms with Gasteiger partial charge in [0.05, 0.1) is 0 Å². The van der Waals surface area contributed by atoms with E-state index in [1.54, 1.807) is 6.26 Å². The third kappa shape index (κ3) is 0.522. The number of thiol groups is 1. The maximum atomic E-state index is 11.9. The summed E-state index contributed by atoms with van der Waals surface area (Å²) < 4.78 is 11.9. The molecule has 1 N–H and O–H groups in total. The predicted octanol–water partition coefficient (Wildman–Crippen LogP) is 0.525. The highest BCUT2D eigenvalue weighted by molar-refractivity contribution is 8.04. The molecular formula is C9H16O2S. The van der Waals surface area contributed by atoms with Gasteiger partial charge in [-0.15, -0.1) is 0 Å². The lowest BCUT2D eigenvalue weighted by molar-refractivity contribution is -0.0107. The third-order valence-corrected chi connectivity index (χ3v) is 7.95. The van der Waals surface area contributed by atoms with Gasteiger partial charge in [0.15, 0.2) is 0 Å². The van der Waals surface area contributed by atoms with Crippen molar-refractivity contribution in [1.29, 1.82) is 0 Å². The van der Waals surface area contributed by atoms with E-state index in [0.29, 0.717) is 5.92 Å². The van der Waals surface area contributed by atoms with Crippen LogP contribution in [-0.2, 0) is 9.93 Å². The molecule has 12 heavy (non-hydrogen) atoms. The number of hydrogen-bond acceptors (Lipinski definition) is 2. The highest BCUT2D eigenvalue weighted by Gasteiger charge is 2.73. The Bertz CT molecular complexity index is 301. The Morgan fingerprint density at radius 2 is 2.25 bits per heavy atom. The molecule has 3 fully saturated rings. The first-order valence-corrected chi connectivity index (χ1v) is 7.12. The SMILES string of the molecule is C[SH]1(=O)C[C@@]23CC[C@@H](CC21O)C3. The standard InChI is InChI=1S/C9H16O2S/c1-12(11)6-8-3-2-7(4-8)5-9(8,12)10/h7,10,12H,2-6H2,1H3/t7-,8+,9?/m1/s1. The average Bonchev–Trinajstić information content (AvgIpc) is 2.41. The van der Waals surface area contributed by atoms with Crippen molar-refractivity contribution in [3.63, 3.8) is 0 Å². The first-order valence-electron chi connectivity index (χ1n) is 4.78. The van der Waals surface area contributed by atoms with Crippen LogP contribution in [0.3, 0.4) is 0 Å². The summed E-state index contributed by atoms with van der Waals surface area (Å²) in [7, 11) is -2.18. The summed E-state index contributed by atoms with van der Waals surface area (Å²) in [5.74, 6) is 1.51. The van der Waals surface area contributed by atoms with E-state index in [1.807, 2.05) is 0 Å². The Kier molecular flexibility index (Phi) is 1.04. The topological polar surface area (TPSA) is 37.3 Å². The minimum absolute atomic E-state index is 0.113. The molecule has 3 rings (SSSR count). The normalized spacial score (nSPS) is 62.3. The highest BCUT2D eigenvalue weighted by atomic mass is 32.2. The molecular weight excluding hydrogens is 172 g/mol. The van der Waals surface area contributed by atoms with E-state index in [9.17, 15) is 9.32 Å². The summed E-state index contributed by atoms with van der Waals surface area (Å²) in [6, 6.07) is 0. The molecule has 3 aliphatic rings. The zero-order valence-corrected chi connectivity index (χ0v) is 8.31. The molecule has 2 nitrogen and oxygen atoms in total. The fraction of sp³-hybridized carbons (Fsp3) is 1.00. The van der Waals surface area contributed by atoms with Crippen LogP contribution < -0.4 is 0 Å². The van der Waals surface area contributed by atoms with Crippen LogP contribution >= 0.6 is 0 Å². The van der Waals surface area contributed by atoms with Gasteiger partial charge in [0, 0.05) is 11.2 Å². The van der Waals surface area contributed by atoms with Crippen LogP contribution in [-0.4, -0.2) is 26.3 Å². The second kappa shape index (κ2) is 1.67. The fourth-order valence-corrected chi connectivity index (χ4v) is 7.60. The summed E-state index contributed by atoms with van der Waals surface area (Å²) in [6.45, 7) is 0. The molecule has 3 heteroatoms. The molecule has 1 heterocycles. The second-order valence-electron chi connectivity index (χ2n) is 5.17. The maximum absolute atomic E-state index is 11.9. The van der Waals surface area contributed by atoms with Crippen molar-refractivity contribution < 1.29 is 9.32 Å². The van der Waals surface area contributed by atoms with E-state index in [1.165, 1.54) is 6.42 Å². The molecule has 2 saturated carbocycles. The van der Waals surface area contributed by atoms with Gasteiger partial charge in [-0.3, -0.25) is 4.21 Å². The van der Waals surface area contributed by atoms with Crippen molar-refractivity contribution >= 4 is 9.93 Å². The van der Waals surface area contributed by atoms with Crippen LogP contribution in [0.5, 0.6) is 0 Å². The van der Waals surface area contributed by atoms with Crippen LogP contribution in [0, 0.1) is 11.3 Å². The number of rotatable bonds is 0. The van der Waals surface area contributed by atoms with Gasteiger partial charge in [0.25, 0.3) is 0 Å². The van der Waals surface area contributed by atoms with E-state index in [4.69, 9.17) is 0 Å². The first-order chi connectivity index (χ1) is 5.49. The minimum atomic E-state index is -2.18. The predicted molar refractivity (Wildman–Crippen MR) is 49.7 cm³/mol. The minimum Gasteiger partial charge on any atom is -0.378 e. The van der Waals surface area contributed by atoms with Crippen LogP contribution in [0.25, 0.3) is 0 Å². The van der Waals surface area contributed by atoms with Gasteiger partial charge < -0.3 is 5.11 Å². The van der Waals surface area contributed by atoms with E-state index in [2.05, 4.69) is 0 Å². The van der Waals surface area contributed by atoms with Gasteiger partial charge >= 0.3 is 0 Å². The van der Waals surface area contributed by atoms with Crippen molar-refractivity contribution in [1.82, 2.24) is 0 Å². The second-order valence-corrected chi connectivity index (χ2v) is 8.43. The molecule has 3 atom stereocenters. The first kappa shape index (κ1) is 7.51. The summed E-state index contributed by atoms with van der Waals surface area (Å²) in [4.78, 5) is -0.719. The van der Waals surface area contributed by atoms with Crippen molar-refractivity contribution in [2.45, 2.75) is 30.6 Å². The maximum Gasteiger partial charge on any atom is 0.124 e. The van der Waals surface area contributed by atoms with Crippen molar-refractivity contribution in [3.8, 4) is 0 Å². The molecule has 0 amide bonds. The van der Waals surface area contributed by atoms with Crippen LogP contribution in [0.4, 0.5) is 0 Å². The summed E-state index contributed by atoms with van der Waals surface area (Å²) >= 11 is 0.